The number of ether oxygens (including phenoxy) is 1. The molecule has 1 atom stereocenters. The summed E-state index contributed by atoms with van der Waals surface area (Å²) < 4.78 is 5.25. The second kappa shape index (κ2) is 5.34. The lowest BCUT2D eigenvalue weighted by molar-refractivity contribution is -0.113. The average molecular weight is 293 g/mol. The minimum Gasteiger partial charge on any atom is -0.444 e. The highest BCUT2D eigenvalue weighted by Crippen LogP contribution is 2.35. The summed E-state index contributed by atoms with van der Waals surface area (Å²) in [5.41, 5.74) is 6.97. The molecule has 1 unspecified atom stereocenters. The van der Waals surface area contributed by atoms with Crippen molar-refractivity contribution in [2.24, 2.45) is 5.73 Å². The molecule has 106 valence electrons. The third kappa shape index (κ3) is 2.46. The molecule has 2 heterocycles. The van der Waals surface area contributed by atoms with Crippen molar-refractivity contribution >= 4 is 35.1 Å². The van der Waals surface area contributed by atoms with E-state index in [1.54, 1.807) is 4.90 Å². The SMILES string of the molecule is NCCC1CN(c2ccc3c(c2)NC(=O)CS3)C(=O)O1. The van der Waals surface area contributed by atoms with Crippen molar-refractivity contribution in [3.8, 4) is 0 Å². The third-order valence-electron chi connectivity index (χ3n) is 3.27. The molecule has 3 rings (SSSR count). The van der Waals surface area contributed by atoms with Gasteiger partial charge in [-0.2, -0.15) is 0 Å². The van der Waals surface area contributed by atoms with Crippen LogP contribution in [0.5, 0.6) is 0 Å². The molecule has 0 bridgehead atoms. The Bertz CT molecular complexity index is 564. The standard InChI is InChI=1S/C13H15N3O3S/c14-4-3-9-6-16(13(18)19-9)8-1-2-11-10(5-8)15-12(17)7-20-11/h1-2,5,9H,3-4,6-7,14H2,(H,15,17). The van der Waals surface area contributed by atoms with E-state index in [2.05, 4.69) is 5.32 Å². The minimum absolute atomic E-state index is 0.0235. The first kappa shape index (κ1) is 13.3. The lowest BCUT2D eigenvalue weighted by Crippen LogP contribution is -2.26. The maximum Gasteiger partial charge on any atom is 0.414 e. The van der Waals surface area contributed by atoms with E-state index in [1.165, 1.54) is 11.8 Å². The van der Waals surface area contributed by atoms with E-state index in [1.807, 2.05) is 18.2 Å². The zero-order chi connectivity index (χ0) is 14.1. The Balaban J connectivity index is 1.82. The number of hydrogen-bond acceptors (Lipinski definition) is 5. The first-order valence-electron chi connectivity index (χ1n) is 6.42. The molecule has 0 saturated carbocycles. The summed E-state index contributed by atoms with van der Waals surface area (Å²) >= 11 is 1.49. The van der Waals surface area contributed by atoms with Crippen molar-refractivity contribution < 1.29 is 14.3 Å². The van der Waals surface area contributed by atoms with Crippen LogP contribution in [0.25, 0.3) is 0 Å². The number of amides is 2. The van der Waals surface area contributed by atoms with Gasteiger partial charge in [0.15, 0.2) is 0 Å². The highest BCUT2D eigenvalue weighted by molar-refractivity contribution is 8.00. The van der Waals surface area contributed by atoms with Crippen molar-refractivity contribution in [3.05, 3.63) is 18.2 Å². The monoisotopic (exact) mass is 293 g/mol. The second-order valence-corrected chi connectivity index (χ2v) is 5.73. The lowest BCUT2D eigenvalue weighted by Gasteiger charge is -2.19. The van der Waals surface area contributed by atoms with Crippen molar-refractivity contribution in [1.82, 2.24) is 0 Å². The van der Waals surface area contributed by atoms with E-state index in [-0.39, 0.29) is 18.1 Å². The van der Waals surface area contributed by atoms with Gasteiger partial charge >= 0.3 is 6.09 Å². The Morgan fingerprint density at radius 2 is 2.30 bits per heavy atom. The third-order valence-corrected chi connectivity index (χ3v) is 4.34. The molecule has 0 spiro atoms. The van der Waals surface area contributed by atoms with Crippen molar-refractivity contribution in [1.29, 1.82) is 0 Å². The van der Waals surface area contributed by atoms with E-state index >= 15 is 0 Å². The Labute approximate surface area is 120 Å². The smallest absolute Gasteiger partial charge is 0.414 e. The Hall–Kier alpha value is -1.73. The van der Waals surface area contributed by atoms with E-state index in [9.17, 15) is 9.59 Å². The van der Waals surface area contributed by atoms with Gasteiger partial charge in [0.1, 0.15) is 6.10 Å². The predicted octanol–water partition coefficient (Wildman–Crippen LogP) is 1.40. The number of cyclic esters (lactones) is 1. The van der Waals surface area contributed by atoms with Crippen LogP contribution in [0.3, 0.4) is 0 Å². The van der Waals surface area contributed by atoms with Crippen LogP contribution >= 0.6 is 11.8 Å². The van der Waals surface area contributed by atoms with Crippen LogP contribution in [0.1, 0.15) is 6.42 Å². The molecule has 3 N–H and O–H groups in total. The Kier molecular flexibility index (Phi) is 3.54. The average Bonchev–Trinajstić information content (AvgIpc) is 2.79. The minimum atomic E-state index is -0.363. The molecule has 1 aromatic carbocycles. The van der Waals surface area contributed by atoms with Crippen LogP contribution in [0.2, 0.25) is 0 Å². The van der Waals surface area contributed by atoms with E-state index in [4.69, 9.17) is 10.5 Å². The molecule has 7 heteroatoms. The number of anilines is 2. The summed E-state index contributed by atoms with van der Waals surface area (Å²) in [7, 11) is 0. The van der Waals surface area contributed by atoms with Crippen LogP contribution in [0.4, 0.5) is 16.2 Å². The number of hydrogen-bond donors (Lipinski definition) is 2. The molecule has 0 radical (unpaired) electrons. The zero-order valence-electron chi connectivity index (χ0n) is 10.8. The Morgan fingerprint density at radius 1 is 1.45 bits per heavy atom. The van der Waals surface area contributed by atoms with E-state index in [0.29, 0.717) is 25.3 Å². The Morgan fingerprint density at radius 3 is 3.10 bits per heavy atom. The topological polar surface area (TPSA) is 84.7 Å². The first-order valence-corrected chi connectivity index (χ1v) is 7.41. The molecule has 0 aliphatic carbocycles. The number of nitrogens with one attached hydrogen (secondary N) is 1. The summed E-state index contributed by atoms with van der Waals surface area (Å²) in [5, 5.41) is 2.82. The van der Waals surface area contributed by atoms with Crippen LogP contribution in [0, 0.1) is 0 Å². The van der Waals surface area contributed by atoms with Gasteiger partial charge in [-0.25, -0.2) is 4.79 Å². The van der Waals surface area contributed by atoms with Gasteiger partial charge in [-0.3, -0.25) is 9.69 Å². The van der Waals surface area contributed by atoms with E-state index < -0.39 is 0 Å². The summed E-state index contributed by atoms with van der Waals surface area (Å²) in [4.78, 5) is 25.9. The van der Waals surface area contributed by atoms with Gasteiger partial charge in [-0.1, -0.05) is 0 Å². The molecular weight excluding hydrogens is 278 g/mol. The molecule has 2 amide bonds. The summed E-state index contributed by atoms with van der Waals surface area (Å²) in [6, 6.07) is 5.60. The van der Waals surface area contributed by atoms with Gasteiger partial charge in [0, 0.05) is 10.6 Å². The fourth-order valence-corrected chi connectivity index (χ4v) is 3.10. The molecule has 1 aromatic rings. The van der Waals surface area contributed by atoms with Crippen LogP contribution in [0.15, 0.2) is 23.1 Å². The van der Waals surface area contributed by atoms with Crippen LogP contribution in [-0.2, 0) is 9.53 Å². The zero-order valence-corrected chi connectivity index (χ0v) is 11.6. The summed E-state index contributed by atoms with van der Waals surface area (Å²) in [5.74, 6) is 0.404. The molecular formula is C13H15N3O3S. The summed E-state index contributed by atoms with van der Waals surface area (Å²) in [6.45, 7) is 0.985. The number of carbonyl (C=O) groups excluding carboxylic acids is 2. The molecule has 1 saturated heterocycles. The number of fused-ring (bicyclic) bond motifs is 1. The number of benzene rings is 1. The van der Waals surface area contributed by atoms with E-state index in [0.717, 1.165) is 16.3 Å². The predicted molar refractivity (Wildman–Crippen MR) is 77.1 cm³/mol. The highest BCUT2D eigenvalue weighted by atomic mass is 32.2. The first-order chi connectivity index (χ1) is 9.67. The van der Waals surface area contributed by atoms with Gasteiger partial charge in [0.2, 0.25) is 5.91 Å². The second-order valence-electron chi connectivity index (χ2n) is 4.71. The molecule has 2 aliphatic heterocycles. The van der Waals surface area contributed by atoms with Gasteiger partial charge in [-0.05, 0) is 31.2 Å². The van der Waals surface area contributed by atoms with Gasteiger partial charge in [-0.15, -0.1) is 11.8 Å². The number of nitrogens with two attached hydrogens (primary N) is 1. The number of thioether (sulfide) groups is 1. The highest BCUT2D eigenvalue weighted by Gasteiger charge is 2.32. The fraction of sp³-hybridized carbons (Fsp3) is 0.385. The van der Waals surface area contributed by atoms with Gasteiger partial charge < -0.3 is 15.8 Å². The van der Waals surface area contributed by atoms with Crippen molar-refractivity contribution in [2.45, 2.75) is 17.4 Å². The van der Waals surface area contributed by atoms with Crippen LogP contribution < -0.4 is 16.0 Å². The number of rotatable bonds is 3. The molecule has 2 aliphatic rings. The maximum absolute atomic E-state index is 11.9. The number of carbonyl (C=O) groups is 2. The quantitative estimate of drug-likeness (QED) is 0.880. The normalized spacial score (nSPS) is 21.4. The van der Waals surface area contributed by atoms with Crippen molar-refractivity contribution in [2.75, 3.05) is 29.1 Å². The van der Waals surface area contributed by atoms with Crippen LogP contribution in [-0.4, -0.2) is 36.9 Å². The molecule has 1 fully saturated rings. The van der Waals surface area contributed by atoms with Crippen molar-refractivity contribution in [3.63, 3.8) is 0 Å². The number of nitrogens with zero attached hydrogens (tertiary/aromatic N) is 1. The molecule has 0 aromatic heterocycles. The molecule has 20 heavy (non-hydrogen) atoms. The lowest BCUT2D eigenvalue weighted by atomic mass is 10.2. The fourth-order valence-electron chi connectivity index (χ4n) is 2.31. The maximum atomic E-state index is 11.9. The summed E-state index contributed by atoms with van der Waals surface area (Å²) in [6.07, 6.45) is 0.130. The van der Waals surface area contributed by atoms with Gasteiger partial charge in [0.25, 0.3) is 0 Å². The largest absolute Gasteiger partial charge is 0.444 e. The molecule has 6 nitrogen and oxygen atoms in total. The van der Waals surface area contributed by atoms with Gasteiger partial charge in [0.05, 0.1) is 18.0 Å².